The van der Waals surface area contributed by atoms with Crippen LogP contribution in [0, 0.1) is 17.6 Å². The van der Waals surface area contributed by atoms with Crippen LogP contribution in [0.2, 0.25) is 0 Å². The zero-order valence-electron chi connectivity index (χ0n) is 15.4. The van der Waals surface area contributed by atoms with E-state index in [0.717, 1.165) is 19.0 Å². The summed E-state index contributed by atoms with van der Waals surface area (Å²) in [6, 6.07) is 3.56. The van der Waals surface area contributed by atoms with Crippen molar-refractivity contribution in [3.8, 4) is 0 Å². The van der Waals surface area contributed by atoms with E-state index in [1.54, 1.807) is 7.05 Å². The van der Waals surface area contributed by atoms with Crippen LogP contribution in [0.4, 0.5) is 8.78 Å². The SMILES string of the molecule is CCOC(CCNC(=NC)NCCc1cc(F)cc(F)c1)C(C)C.I. The monoisotopic (exact) mass is 469 g/mol. The lowest BCUT2D eigenvalue weighted by atomic mass is 10.0. The molecule has 4 nitrogen and oxygen atoms in total. The number of hydrogen-bond donors (Lipinski definition) is 2. The van der Waals surface area contributed by atoms with Crippen molar-refractivity contribution >= 4 is 29.9 Å². The van der Waals surface area contributed by atoms with Gasteiger partial charge >= 0.3 is 0 Å². The van der Waals surface area contributed by atoms with Gasteiger partial charge in [0, 0.05) is 32.8 Å². The van der Waals surface area contributed by atoms with E-state index in [9.17, 15) is 8.78 Å². The van der Waals surface area contributed by atoms with Crippen LogP contribution < -0.4 is 10.6 Å². The van der Waals surface area contributed by atoms with Crippen molar-refractivity contribution in [2.24, 2.45) is 10.9 Å². The smallest absolute Gasteiger partial charge is 0.190 e. The second kappa shape index (κ2) is 13.3. The first-order chi connectivity index (χ1) is 11.5. The Hall–Kier alpha value is -0.960. The summed E-state index contributed by atoms with van der Waals surface area (Å²) in [5.74, 6) is 0.0294. The third kappa shape index (κ3) is 9.94. The highest BCUT2D eigenvalue weighted by molar-refractivity contribution is 14.0. The summed E-state index contributed by atoms with van der Waals surface area (Å²) in [5.41, 5.74) is 0.617. The van der Waals surface area contributed by atoms with E-state index in [1.165, 1.54) is 12.1 Å². The van der Waals surface area contributed by atoms with Crippen molar-refractivity contribution in [2.75, 3.05) is 26.7 Å². The van der Waals surface area contributed by atoms with Crippen molar-refractivity contribution in [3.05, 3.63) is 35.4 Å². The first-order valence-electron chi connectivity index (χ1n) is 8.47. The zero-order chi connectivity index (χ0) is 17.9. The second-order valence-electron chi connectivity index (χ2n) is 5.98. The van der Waals surface area contributed by atoms with Crippen LogP contribution in [0.1, 0.15) is 32.8 Å². The molecular formula is C18H30F2IN3O. The Balaban J connectivity index is 0.00000576. The molecule has 0 heterocycles. The van der Waals surface area contributed by atoms with E-state index in [0.29, 0.717) is 37.0 Å². The molecule has 1 unspecified atom stereocenters. The topological polar surface area (TPSA) is 45.6 Å². The average molecular weight is 469 g/mol. The van der Waals surface area contributed by atoms with Crippen molar-refractivity contribution in [3.63, 3.8) is 0 Å². The molecule has 0 fully saturated rings. The molecule has 25 heavy (non-hydrogen) atoms. The fraction of sp³-hybridized carbons (Fsp3) is 0.611. The summed E-state index contributed by atoms with van der Waals surface area (Å²) in [6.45, 7) is 8.29. The molecule has 0 saturated carbocycles. The summed E-state index contributed by atoms with van der Waals surface area (Å²) < 4.78 is 32.0. The molecule has 0 radical (unpaired) electrons. The summed E-state index contributed by atoms with van der Waals surface area (Å²) >= 11 is 0. The third-order valence-corrected chi connectivity index (χ3v) is 3.70. The predicted molar refractivity (Wildman–Crippen MR) is 110 cm³/mol. The Morgan fingerprint density at radius 1 is 1.12 bits per heavy atom. The molecule has 1 aromatic carbocycles. The lowest BCUT2D eigenvalue weighted by molar-refractivity contribution is 0.0258. The normalized spacial score (nSPS) is 12.7. The van der Waals surface area contributed by atoms with Crippen LogP contribution in [-0.2, 0) is 11.2 Å². The number of nitrogens with zero attached hydrogens (tertiary/aromatic N) is 1. The van der Waals surface area contributed by atoms with Gasteiger partial charge in [-0.25, -0.2) is 8.78 Å². The molecule has 0 aromatic heterocycles. The first kappa shape index (κ1) is 24.0. The molecule has 0 aliphatic carbocycles. The number of halogens is 3. The van der Waals surface area contributed by atoms with Crippen LogP contribution in [0.25, 0.3) is 0 Å². The number of nitrogens with one attached hydrogen (secondary N) is 2. The molecule has 7 heteroatoms. The molecule has 0 aliphatic heterocycles. The molecule has 0 aliphatic rings. The molecule has 1 rings (SSSR count). The van der Waals surface area contributed by atoms with Gasteiger partial charge in [-0.2, -0.15) is 0 Å². The summed E-state index contributed by atoms with van der Waals surface area (Å²) in [6.07, 6.45) is 1.63. The maximum atomic E-state index is 13.1. The molecule has 0 spiro atoms. The number of hydrogen-bond acceptors (Lipinski definition) is 2. The molecule has 1 atom stereocenters. The highest BCUT2D eigenvalue weighted by atomic mass is 127. The van der Waals surface area contributed by atoms with Gasteiger partial charge in [-0.15, -0.1) is 24.0 Å². The number of guanidine groups is 1. The van der Waals surface area contributed by atoms with Gasteiger partial charge in [-0.1, -0.05) is 13.8 Å². The minimum absolute atomic E-state index is 0. The van der Waals surface area contributed by atoms with E-state index >= 15 is 0 Å². The second-order valence-corrected chi connectivity index (χ2v) is 5.98. The van der Waals surface area contributed by atoms with E-state index < -0.39 is 11.6 Å². The van der Waals surface area contributed by atoms with Crippen LogP contribution in [0.5, 0.6) is 0 Å². The summed E-state index contributed by atoms with van der Waals surface area (Å²) in [4.78, 5) is 4.15. The standard InChI is InChI=1S/C18H29F2N3O.HI/c1-5-24-17(13(2)3)7-9-23-18(21-4)22-8-6-14-10-15(19)12-16(20)11-14;/h10-13,17H,5-9H2,1-4H3,(H2,21,22,23);1H. The lowest BCUT2D eigenvalue weighted by Crippen LogP contribution is -2.40. The van der Waals surface area contributed by atoms with Gasteiger partial charge in [0.2, 0.25) is 0 Å². The third-order valence-electron chi connectivity index (χ3n) is 3.70. The maximum Gasteiger partial charge on any atom is 0.190 e. The highest BCUT2D eigenvalue weighted by Crippen LogP contribution is 2.10. The lowest BCUT2D eigenvalue weighted by Gasteiger charge is -2.21. The zero-order valence-corrected chi connectivity index (χ0v) is 17.8. The Labute approximate surface area is 166 Å². The van der Waals surface area contributed by atoms with Gasteiger partial charge in [-0.05, 0) is 43.4 Å². The molecule has 2 N–H and O–H groups in total. The van der Waals surface area contributed by atoms with Gasteiger partial charge in [0.1, 0.15) is 11.6 Å². The Bertz CT molecular complexity index is 507. The van der Waals surface area contributed by atoms with E-state index in [2.05, 4.69) is 29.5 Å². The number of benzene rings is 1. The minimum atomic E-state index is -0.553. The van der Waals surface area contributed by atoms with Crippen LogP contribution >= 0.6 is 24.0 Å². The predicted octanol–water partition coefficient (Wildman–Crippen LogP) is 3.74. The molecule has 144 valence electrons. The average Bonchev–Trinajstić information content (AvgIpc) is 2.51. The Kier molecular flexibility index (Phi) is 12.8. The molecule has 0 bridgehead atoms. The highest BCUT2D eigenvalue weighted by Gasteiger charge is 2.12. The Morgan fingerprint density at radius 2 is 1.72 bits per heavy atom. The van der Waals surface area contributed by atoms with Crippen LogP contribution in [0.3, 0.4) is 0 Å². The van der Waals surface area contributed by atoms with Crippen molar-refractivity contribution < 1.29 is 13.5 Å². The fourth-order valence-corrected chi connectivity index (χ4v) is 2.46. The maximum absolute atomic E-state index is 13.1. The molecule has 1 aromatic rings. The number of ether oxygens (including phenoxy) is 1. The summed E-state index contributed by atoms with van der Waals surface area (Å²) in [7, 11) is 1.69. The number of aliphatic imine (C=N–C) groups is 1. The van der Waals surface area contributed by atoms with Gasteiger partial charge < -0.3 is 15.4 Å². The minimum Gasteiger partial charge on any atom is -0.378 e. The Morgan fingerprint density at radius 3 is 2.24 bits per heavy atom. The molecule has 0 amide bonds. The van der Waals surface area contributed by atoms with Crippen LogP contribution in [0.15, 0.2) is 23.2 Å². The summed E-state index contributed by atoms with van der Waals surface area (Å²) in [5, 5.41) is 6.38. The van der Waals surface area contributed by atoms with Gasteiger partial charge in [0.05, 0.1) is 6.10 Å². The first-order valence-corrected chi connectivity index (χ1v) is 8.47. The van der Waals surface area contributed by atoms with E-state index in [1.807, 2.05) is 6.92 Å². The largest absolute Gasteiger partial charge is 0.378 e. The molecule has 0 saturated heterocycles. The quantitative estimate of drug-likeness (QED) is 0.329. The van der Waals surface area contributed by atoms with Crippen molar-refractivity contribution in [1.29, 1.82) is 0 Å². The van der Waals surface area contributed by atoms with Crippen LogP contribution in [-0.4, -0.2) is 38.8 Å². The van der Waals surface area contributed by atoms with E-state index in [4.69, 9.17) is 4.74 Å². The fourth-order valence-electron chi connectivity index (χ4n) is 2.46. The van der Waals surface area contributed by atoms with Gasteiger partial charge in [0.25, 0.3) is 0 Å². The van der Waals surface area contributed by atoms with Crippen molar-refractivity contribution in [2.45, 2.75) is 39.7 Å². The number of rotatable bonds is 9. The van der Waals surface area contributed by atoms with Gasteiger partial charge in [0.15, 0.2) is 5.96 Å². The van der Waals surface area contributed by atoms with Crippen molar-refractivity contribution in [1.82, 2.24) is 10.6 Å². The van der Waals surface area contributed by atoms with E-state index in [-0.39, 0.29) is 30.1 Å². The molecular weight excluding hydrogens is 439 g/mol. The van der Waals surface area contributed by atoms with Gasteiger partial charge in [-0.3, -0.25) is 4.99 Å².